The number of imide groups is 1. The van der Waals surface area contributed by atoms with Crippen molar-refractivity contribution in [2.24, 2.45) is 0 Å². The molecule has 0 bridgehead atoms. The summed E-state index contributed by atoms with van der Waals surface area (Å²) in [6, 6.07) is 17.1. The Balaban J connectivity index is 1.53. The van der Waals surface area contributed by atoms with Crippen LogP contribution in [0.1, 0.15) is 45.2 Å². The normalized spacial score (nSPS) is 20.0. The first kappa shape index (κ1) is 22.8. The third-order valence-electron chi connectivity index (χ3n) is 5.66. The van der Waals surface area contributed by atoms with E-state index < -0.39 is 17.7 Å². The molecule has 1 aliphatic rings. The molecule has 1 aliphatic heterocycles. The van der Waals surface area contributed by atoms with Crippen molar-refractivity contribution in [2.75, 3.05) is 13.2 Å². The van der Waals surface area contributed by atoms with Gasteiger partial charge < -0.3 is 15.2 Å². The van der Waals surface area contributed by atoms with E-state index in [0.717, 1.165) is 10.5 Å². The monoisotopic (exact) mass is 424 g/mol. The zero-order valence-electron chi connectivity index (χ0n) is 18.7. The van der Waals surface area contributed by atoms with Crippen molar-refractivity contribution in [3.8, 4) is 5.75 Å². The maximum absolute atomic E-state index is 12.9. The first-order valence-electron chi connectivity index (χ1n) is 10.7. The third-order valence-corrected chi connectivity index (χ3v) is 5.66. The zero-order valence-corrected chi connectivity index (χ0v) is 18.7. The highest BCUT2D eigenvalue weighted by Gasteiger charge is 2.47. The molecule has 2 atom stereocenters. The number of hydrogen-bond donors (Lipinski definition) is 2. The largest absolute Gasteiger partial charge is 0.491 e. The highest BCUT2D eigenvalue weighted by Crippen LogP contribution is 2.25. The van der Waals surface area contributed by atoms with Crippen LogP contribution in [0.25, 0.3) is 0 Å². The number of benzene rings is 2. The van der Waals surface area contributed by atoms with Crippen LogP contribution in [0.3, 0.4) is 0 Å². The molecule has 0 aromatic heterocycles. The van der Waals surface area contributed by atoms with Gasteiger partial charge in [-0.3, -0.25) is 9.69 Å². The van der Waals surface area contributed by atoms with E-state index in [1.54, 1.807) is 6.92 Å². The fourth-order valence-corrected chi connectivity index (χ4v) is 3.63. The standard InChI is InChI=1S/C25H32N2O4/c1-24(2,3)19-10-12-21(13-11-19)31-17-20(28)16-27-22(29)25(4,26-23(27)30)15-14-18-8-6-5-7-9-18/h5-13,20,28H,14-17H2,1-4H3,(H,26,30)/t20-,25+/m1/s1. The first-order chi connectivity index (χ1) is 14.6. The summed E-state index contributed by atoms with van der Waals surface area (Å²) in [7, 11) is 0. The summed E-state index contributed by atoms with van der Waals surface area (Å²) in [5.74, 6) is 0.318. The molecule has 0 saturated carbocycles. The zero-order chi connectivity index (χ0) is 22.6. The summed E-state index contributed by atoms with van der Waals surface area (Å²) in [6.45, 7) is 8.03. The van der Waals surface area contributed by atoms with E-state index in [-0.39, 0.29) is 24.5 Å². The number of ether oxygens (including phenoxy) is 1. The SMILES string of the molecule is CC(C)(C)c1ccc(OC[C@H](O)CN2C(=O)N[C@@](C)(CCc3ccccc3)C2=O)cc1. The number of hydrogen-bond acceptors (Lipinski definition) is 4. The lowest BCUT2D eigenvalue weighted by molar-refractivity contribution is -0.132. The van der Waals surface area contributed by atoms with Crippen LogP contribution in [0.15, 0.2) is 54.6 Å². The number of carbonyl (C=O) groups excluding carboxylic acids is 2. The topological polar surface area (TPSA) is 78.9 Å². The van der Waals surface area contributed by atoms with Crippen LogP contribution in [-0.2, 0) is 16.6 Å². The second-order valence-corrected chi connectivity index (χ2v) is 9.40. The Labute approximate surface area is 184 Å². The fraction of sp³-hybridized carbons (Fsp3) is 0.440. The predicted molar refractivity (Wildman–Crippen MR) is 120 cm³/mol. The van der Waals surface area contributed by atoms with Crippen molar-refractivity contribution >= 4 is 11.9 Å². The molecule has 2 aromatic carbocycles. The summed E-state index contributed by atoms with van der Waals surface area (Å²) < 4.78 is 5.65. The van der Waals surface area contributed by atoms with Crippen molar-refractivity contribution < 1.29 is 19.4 Å². The van der Waals surface area contributed by atoms with Crippen LogP contribution >= 0.6 is 0 Å². The molecule has 0 aliphatic carbocycles. The van der Waals surface area contributed by atoms with Gasteiger partial charge in [-0.1, -0.05) is 63.2 Å². The van der Waals surface area contributed by atoms with Crippen LogP contribution in [-0.4, -0.2) is 46.7 Å². The van der Waals surface area contributed by atoms with Crippen molar-refractivity contribution in [3.63, 3.8) is 0 Å². The lowest BCUT2D eigenvalue weighted by atomic mass is 9.87. The number of aryl methyl sites for hydroxylation is 1. The van der Waals surface area contributed by atoms with Crippen LogP contribution < -0.4 is 10.1 Å². The van der Waals surface area contributed by atoms with E-state index in [9.17, 15) is 14.7 Å². The van der Waals surface area contributed by atoms with Crippen molar-refractivity contribution in [1.82, 2.24) is 10.2 Å². The average Bonchev–Trinajstić information content (AvgIpc) is 2.94. The molecule has 1 heterocycles. The van der Waals surface area contributed by atoms with Gasteiger partial charge >= 0.3 is 6.03 Å². The second kappa shape index (κ2) is 9.10. The van der Waals surface area contributed by atoms with E-state index in [4.69, 9.17) is 4.74 Å². The van der Waals surface area contributed by atoms with E-state index in [0.29, 0.717) is 18.6 Å². The molecule has 31 heavy (non-hydrogen) atoms. The molecule has 1 saturated heterocycles. The summed E-state index contributed by atoms with van der Waals surface area (Å²) >= 11 is 0. The van der Waals surface area contributed by atoms with Gasteiger partial charge in [-0.05, 0) is 48.4 Å². The number of nitrogens with one attached hydrogen (secondary N) is 1. The fourth-order valence-electron chi connectivity index (χ4n) is 3.63. The number of urea groups is 1. The molecule has 3 rings (SSSR count). The quantitative estimate of drug-likeness (QED) is 0.634. The Morgan fingerprint density at radius 3 is 2.32 bits per heavy atom. The van der Waals surface area contributed by atoms with Gasteiger partial charge in [0.2, 0.25) is 0 Å². The molecule has 6 nitrogen and oxygen atoms in total. The van der Waals surface area contributed by atoms with Gasteiger partial charge in [-0.2, -0.15) is 0 Å². The number of β-amino-alcohol motifs (C(OH)–C–C–N with tert-alkyl or cyclic N) is 1. The van der Waals surface area contributed by atoms with Gasteiger partial charge in [-0.25, -0.2) is 4.79 Å². The maximum Gasteiger partial charge on any atom is 0.325 e. The summed E-state index contributed by atoms with van der Waals surface area (Å²) in [4.78, 5) is 26.4. The van der Waals surface area contributed by atoms with Crippen LogP contribution in [0.4, 0.5) is 4.79 Å². The number of aliphatic hydroxyl groups excluding tert-OH is 1. The highest BCUT2D eigenvalue weighted by atomic mass is 16.5. The van der Waals surface area contributed by atoms with Crippen molar-refractivity contribution in [3.05, 3.63) is 65.7 Å². The predicted octanol–water partition coefficient (Wildman–Crippen LogP) is 3.67. The Hall–Kier alpha value is -2.86. The van der Waals surface area contributed by atoms with E-state index in [2.05, 4.69) is 26.1 Å². The lowest BCUT2D eigenvalue weighted by Crippen LogP contribution is -2.45. The smallest absolute Gasteiger partial charge is 0.325 e. The van der Waals surface area contributed by atoms with Gasteiger partial charge in [-0.15, -0.1) is 0 Å². The molecule has 6 heteroatoms. The van der Waals surface area contributed by atoms with Gasteiger partial charge in [0.05, 0.1) is 6.54 Å². The molecule has 0 unspecified atom stereocenters. The first-order valence-corrected chi connectivity index (χ1v) is 10.7. The van der Waals surface area contributed by atoms with Crippen LogP contribution in [0.2, 0.25) is 0 Å². The van der Waals surface area contributed by atoms with E-state index in [1.807, 2.05) is 54.6 Å². The molecule has 3 amide bonds. The number of aliphatic hydroxyl groups is 1. The Bertz CT molecular complexity index is 905. The minimum absolute atomic E-state index is 0.00729. The average molecular weight is 425 g/mol. The Morgan fingerprint density at radius 2 is 1.71 bits per heavy atom. The molecular weight excluding hydrogens is 392 g/mol. The third kappa shape index (κ3) is 5.64. The summed E-state index contributed by atoms with van der Waals surface area (Å²) in [6.07, 6.45) is 0.187. The second-order valence-electron chi connectivity index (χ2n) is 9.40. The van der Waals surface area contributed by atoms with Crippen molar-refractivity contribution in [1.29, 1.82) is 0 Å². The number of amides is 3. The van der Waals surface area contributed by atoms with Crippen molar-refractivity contribution in [2.45, 2.75) is 57.6 Å². The van der Waals surface area contributed by atoms with E-state index in [1.165, 1.54) is 5.56 Å². The number of carbonyl (C=O) groups is 2. The van der Waals surface area contributed by atoms with Gasteiger partial charge in [0, 0.05) is 0 Å². The number of rotatable bonds is 8. The van der Waals surface area contributed by atoms with Crippen LogP contribution in [0.5, 0.6) is 5.75 Å². The highest BCUT2D eigenvalue weighted by molar-refractivity contribution is 6.06. The van der Waals surface area contributed by atoms with E-state index >= 15 is 0 Å². The molecule has 2 N–H and O–H groups in total. The van der Waals surface area contributed by atoms with Gasteiger partial charge in [0.15, 0.2) is 0 Å². The molecular formula is C25H32N2O4. The number of nitrogens with zero attached hydrogens (tertiary/aromatic N) is 1. The van der Waals surface area contributed by atoms with Gasteiger partial charge in [0.25, 0.3) is 5.91 Å². The minimum atomic E-state index is -0.978. The summed E-state index contributed by atoms with van der Waals surface area (Å²) in [5, 5.41) is 13.2. The molecule has 0 radical (unpaired) electrons. The lowest BCUT2D eigenvalue weighted by Gasteiger charge is -2.23. The molecule has 2 aromatic rings. The molecule has 166 valence electrons. The molecule has 0 spiro atoms. The maximum atomic E-state index is 12.9. The van der Waals surface area contributed by atoms with Crippen LogP contribution in [0, 0.1) is 0 Å². The minimum Gasteiger partial charge on any atom is -0.491 e. The Kier molecular flexibility index (Phi) is 6.70. The Morgan fingerprint density at radius 1 is 1.06 bits per heavy atom. The molecule has 1 fully saturated rings. The summed E-state index contributed by atoms with van der Waals surface area (Å²) in [5.41, 5.74) is 1.37. The van der Waals surface area contributed by atoms with Gasteiger partial charge in [0.1, 0.15) is 24.0 Å².